The summed E-state index contributed by atoms with van der Waals surface area (Å²) in [5.41, 5.74) is 16.1. The Morgan fingerprint density at radius 3 is 2.58 bits per heavy atom. The van der Waals surface area contributed by atoms with Gasteiger partial charge in [-0.05, 0) is 42.0 Å². The first kappa shape index (κ1) is 7.47. The summed E-state index contributed by atoms with van der Waals surface area (Å²) >= 11 is 0. The molecule has 1 aromatic carbocycles. The molecule has 4 N–H and O–H groups in total. The van der Waals surface area contributed by atoms with E-state index in [1.165, 1.54) is 17.5 Å². The molecule has 1 aliphatic rings. The highest BCUT2D eigenvalue weighted by Gasteiger charge is 2.22. The average Bonchev–Trinajstić information content (AvgIpc) is 2.42. The highest BCUT2D eigenvalue weighted by molar-refractivity contribution is 5.64. The topological polar surface area (TPSA) is 52.0 Å². The van der Waals surface area contributed by atoms with Crippen molar-refractivity contribution >= 4 is 11.4 Å². The first-order valence-corrected chi connectivity index (χ1v) is 4.37. The Bertz CT molecular complexity index is 318. The minimum atomic E-state index is 0.587. The summed E-state index contributed by atoms with van der Waals surface area (Å²) in [6, 6.07) is 3.82. The van der Waals surface area contributed by atoms with E-state index in [4.69, 9.17) is 11.5 Å². The molecule has 12 heavy (non-hydrogen) atoms. The van der Waals surface area contributed by atoms with Crippen LogP contribution in [0.25, 0.3) is 0 Å². The maximum atomic E-state index is 5.88. The molecule has 64 valence electrons. The summed E-state index contributed by atoms with van der Waals surface area (Å²) in [6.45, 7) is 2.21. The Kier molecular flexibility index (Phi) is 1.50. The summed E-state index contributed by atoms with van der Waals surface area (Å²) in [6.07, 6.45) is 2.28. The number of hydrogen-bond donors (Lipinski definition) is 2. The van der Waals surface area contributed by atoms with Gasteiger partial charge < -0.3 is 11.5 Å². The monoisotopic (exact) mass is 162 g/mol. The van der Waals surface area contributed by atoms with Gasteiger partial charge in [0, 0.05) is 11.4 Å². The van der Waals surface area contributed by atoms with Crippen LogP contribution in [-0.2, 0) is 6.42 Å². The third kappa shape index (κ3) is 0.876. The lowest BCUT2D eigenvalue weighted by Crippen LogP contribution is -1.99. The molecule has 1 aromatic rings. The predicted molar refractivity (Wildman–Crippen MR) is 52.0 cm³/mol. The summed E-state index contributed by atoms with van der Waals surface area (Å²) in [5, 5.41) is 0. The smallest absolute Gasteiger partial charge is 0.0353 e. The minimum absolute atomic E-state index is 0.587. The summed E-state index contributed by atoms with van der Waals surface area (Å²) in [5.74, 6) is 0.587. The van der Waals surface area contributed by atoms with Crippen LogP contribution < -0.4 is 11.5 Å². The van der Waals surface area contributed by atoms with Gasteiger partial charge in [-0.25, -0.2) is 0 Å². The molecule has 0 fully saturated rings. The van der Waals surface area contributed by atoms with Gasteiger partial charge in [0.05, 0.1) is 0 Å². The van der Waals surface area contributed by atoms with Gasteiger partial charge in [-0.2, -0.15) is 0 Å². The van der Waals surface area contributed by atoms with Crippen LogP contribution in [0.1, 0.15) is 30.4 Å². The third-order valence-electron chi connectivity index (χ3n) is 2.75. The first-order valence-electron chi connectivity index (χ1n) is 4.37. The lowest BCUT2D eigenvalue weighted by Gasteiger charge is -2.09. The number of nitrogens with two attached hydrogens (primary N) is 2. The highest BCUT2D eigenvalue weighted by Crippen LogP contribution is 2.39. The number of rotatable bonds is 0. The van der Waals surface area contributed by atoms with Gasteiger partial charge in [0.2, 0.25) is 0 Å². The van der Waals surface area contributed by atoms with Crippen LogP contribution in [0.2, 0.25) is 0 Å². The van der Waals surface area contributed by atoms with E-state index >= 15 is 0 Å². The Morgan fingerprint density at radius 1 is 1.25 bits per heavy atom. The third-order valence-corrected chi connectivity index (χ3v) is 2.75. The molecule has 0 heterocycles. The second-order valence-electron chi connectivity index (χ2n) is 3.58. The molecule has 2 heteroatoms. The molecule has 1 unspecified atom stereocenters. The molecule has 0 aliphatic heterocycles. The zero-order chi connectivity index (χ0) is 8.72. The first-order chi connectivity index (χ1) is 5.70. The lowest BCUT2D eigenvalue weighted by atomic mass is 10.0. The van der Waals surface area contributed by atoms with Gasteiger partial charge in [-0.3, -0.25) is 0 Å². The molecular formula is C10H14N2. The van der Waals surface area contributed by atoms with Crippen molar-refractivity contribution in [3.05, 3.63) is 23.3 Å². The van der Waals surface area contributed by atoms with Crippen molar-refractivity contribution in [2.45, 2.75) is 25.7 Å². The van der Waals surface area contributed by atoms with Crippen molar-refractivity contribution in [1.29, 1.82) is 0 Å². The molecule has 0 saturated heterocycles. The van der Waals surface area contributed by atoms with E-state index in [2.05, 4.69) is 6.92 Å². The number of benzene rings is 1. The molecule has 0 amide bonds. The minimum Gasteiger partial charge on any atom is -0.398 e. The molecule has 1 atom stereocenters. The molecule has 0 aromatic heterocycles. The van der Waals surface area contributed by atoms with Crippen LogP contribution in [0.5, 0.6) is 0 Å². The maximum Gasteiger partial charge on any atom is 0.0353 e. The van der Waals surface area contributed by atoms with Crippen LogP contribution in [0.15, 0.2) is 12.1 Å². The molecule has 0 bridgehead atoms. The van der Waals surface area contributed by atoms with Gasteiger partial charge in [0.15, 0.2) is 0 Å². The van der Waals surface area contributed by atoms with Gasteiger partial charge in [-0.1, -0.05) is 6.92 Å². The fourth-order valence-corrected chi connectivity index (χ4v) is 2.07. The average molecular weight is 162 g/mol. The normalized spacial score (nSPS) is 20.9. The molecular weight excluding hydrogens is 148 g/mol. The molecule has 0 saturated carbocycles. The largest absolute Gasteiger partial charge is 0.398 e. The van der Waals surface area contributed by atoms with Crippen LogP contribution >= 0.6 is 0 Å². The van der Waals surface area contributed by atoms with Crippen molar-refractivity contribution < 1.29 is 0 Å². The molecule has 2 nitrogen and oxygen atoms in total. The standard InChI is InChI=1S/C10H14N2/c1-6-2-3-7-8(11)4-5-9(12)10(6)7/h4-6H,2-3,11-12H2,1H3. The van der Waals surface area contributed by atoms with E-state index in [1.807, 2.05) is 12.1 Å². The number of nitrogen functional groups attached to an aromatic ring is 2. The van der Waals surface area contributed by atoms with E-state index < -0.39 is 0 Å². The maximum absolute atomic E-state index is 5.88. The van der Waals surface area contributed by atoms with E-state index in [1.54, 1.807) is 0 Å². The van der Waals surface area contributed by atoms with E-state index in [-0.39, 0.29) is 0 Å². The molecule has 0 spiro atoms. The van der Waals surface area contributed by atoms with Crippen molar-refractivity contribution in [2.24, 2.45) is 0 Å². The molecule has 0 radical (unpaired) electrons. The second-order valence-corrected chi connectivity index (χ2v) is 3.58. The predicted octanol–water partition coefficient (Wildman–Crippen LogP) is 1.90. The van der Waals surface area contributed by atoms with Crippen LogP contribution in [0, 0.1) is 0 Å². The Labute approximate surface area is 72.6 Å². The highest BCUT2D eigenvalue weighted by atomic mass is 14.6. The SMILES string of the molecule is CC1CCc2c(N)ccc(N)c21. The van der Waals surface area contributed by atoms with Crippen molar-refractivity contribution in [3.63, 3.8) is 0 Å². The summed E-state index contributed by atoms with van der Waals surface area (Å²) < 4.78 is 0. The van der Waals surface area contributed by atoms with Crippen molar-refractivity contribution in [1.82, 2.24) is 0 Å². The van der Waals surface area contributed by atoms with Crippen molar-refractivity contribution in [3.8, 4) is 0 Å². The van der Waals surface area contributed by atoms with Crippen LogP contribution in [-0.4, -0.2) is 0 Å². The number of hydrogen-bond acceptors (Lipinski definition) is 2. The van der Waals surface area contributed by atoms with Crippen LogP contribution in [0.3, 0.4) is 0 Å². The van der Waals surface area contributed by atoms with Crippen molar-refractivity contribution in [2.75, 3.05) is 11.5 Å². The zero-order valence-electron chi connectivity index (χ0n) is 7.30. The zero-order valence-corrected chi connectivity index (χ0v) is 7.30. The number of fused-ring (bicyclic) bond motifs is 1. The van der Waals surface area contributed by atoms with Crippen LogP contribution in [0.4, 0.5) is 11.4 Å². The number of anilines is 2. The Morgan fingerprint density at radius 2 is 1.92 bits per heavy atom. The molecule has 2 rings (SSSR count). The van der Waals surface area contributed by atoms with Gasteiger partial charge in [-0.15, -0.1) is 0 Å². The molecule has 1 aliphatic carbocycles. The fraction of sp³-hybridized carbons (Fsp3) is 0.400. The quantitative estimate of drug-likeness (QED) is 0.572. The Hall–Kier alpha value is -1.18. The summed E-state index contributed by atoms with van der Waals surface area (Å²) in [7, 11) is 0. The second kappa shape index (κ2) is 2.41. The Balaban J connectivity index is 2.64. The van der Waals surface area contributed by atoms with E-state index in [0.717, 1.165) is 17.8 Å². The summed E-state index contributed by atoms with van der Waals surface area (Å²) in [4.78, 5) is 0. The fourth-order valence-electron chi connectivity index (χ4n) is 2.07. The van der Waals surface area contributed by atoms with E-state index in [9.17, 15) is 0 Å². The lowest BCUT2D eigenvalue weighted by molar-refractivity contribution is 0.749. The van der Waals surface area contributed by atoms with Gasteiger partial charge in [0.1, 0.15) is 0 Å². The van der Waals surface area contributed by atoms with E-state index in [0.29, 0.717) is 5.92 Å². The van der Waals surface area contributed by atoms with Gasteiger partial charge >= 0.3 is 0 Å². The van der Waals surface area contributed by atoms with Gasteiger partial charge in [0.25, 0.3) is 0 Å².